The molecular formula is C16H22N4O. The van der Waals surface area contributed by atoms with E-state index >= 15 is 0 Å². The molecule has 2 aliphatic heterocycles. The van der Waals surface area contributed by atoms with Crippen LogP contribution in [0.1, 0.15) is 25.3 Å². The van der Waals surface area contributed by atoms with Gasteiger partial charge in [-0.3, -0.25) is 0 Å². The number of hydrogen-bond donors (Lipinski definition) is 2. The van der Waals surface area contributed by atoms with E-state index in [0.717, 1.165) is 31.5 Å². The molecule has 112 valence electrons. The van der Waals surface area contributed by atoms with Crippen LogP contribution in [0.25, 0.3) is 0 Å². The fraction of sp³-hybridized carbons (Fsp3) is 0.500. The van der Waals surface area contributed by atoms with Gasteiger partial charge in [-0.05, 0) is 24.9 Å². The van der Waals surface area contributed by atoms with Crippen LogP contribution in [0.3, 0.4) is 0 Å². The van der Waals surface area contributed by atoms with Crippen LogP contribution in [0, 0.1) is 5.92 Å². The van der Waals surface area contributed by atoms with Crippen molar-refractivity contribution >= 4 is 11.9 Å². The molecule has 3 N–H and O–H groups in total. The minimum Gasteiger partial charge on any atom is -0.385 e. The van der Waals surface area contributed by atoms with Crippen LogP contribution in [0.5, 0.6) is 0 Å². The van der Waals surface area contributed by atoms with Crippen molar-refractivity contribution in [3.63, 3.8) is 0 Å². The van der Waals surface area contributed by atoms with E-state index in [4.69, 9.17) is 5.73 Å². The summed E-state index contributed by atoms with van der Waals surface area (Å²) in [4.78, 5) is 18.3. The number of nitrogens with zero attached hydrogens (tertiary/aromatic N) is 2. The molecule has 2 aliphatic rings. The predicted octanol–water partition coefficient (Wildman–Crippen LogP) is 1.74. The first-order chi connectivity index (χ1) is 10.2. The molecule has 1 saturated heterocycles. The summed E-state index contributed by atoms with van der Waals surface area (Å²) in [6.07, 6.45) is 1.81. The Kier molecular flexibility index (Phi) is 3.68. The van der Waals surface area contributed by atoms with Gasteiger partial charge in [-0.25, -0.2) is 4.79 Å². The minimum atomic E-state index is -0.410. The van der Waals surface area contributed by atoms with Gasteiger partial charge in [0.1, 0.15) is 11.4 Å². The van der Waals surface area contributed by atoms with E-state index < -0.39 is 5.54 Å². The summed E-state index contributed by atoms with van der Waals surface area (Å²) in [5.41, 5.74) is 6.91. The largest absolute Gasteiger partial charge is 0.385 e. The third-order valence-corrected chi connectivity index (χ3v) is 4.80. The molecule has 0 radical (unpaired) electrons. The summed E-state index contributed by atoms with van der Waals surface area (Å²) >= 11 is 0. The molecule has 5 heteroatoms. The number of urea groups is 1. The number of carbonyl (C=O) groups is 1. The van der Waals surface area contributed by atoms with Crippen molar-refractivity contribution in [2.45, 2.75) is 31.8 Å². The molecule has 2 heterocycles. The van der Waals surface area contributed by atoms with Crippen molar-refractivity contribution in [3.05, 3.63) is 35.9 Å². The second-order valence-electron chi connectivity index (χ2n) is 5.83. The van der Waals surface area contributed by atoms with Crippen LogP contribution >= 0.6 is 0 Å². The molecule has 1 aromatic rings. The maximum absolute atomic E-state index is 12.4. The number of hydrogen-bond acceptors (Lipinski definition) is 3. The molecule has 0 bridgehead atoms. The molecule has 3 rings (SSSR count). The van der Waals surface area contributed by atoms with Crippen LogP contribution in [-0.4, -0.2) is 35.4 Å². The monoisotopic (exact) mass is 286 g/mol. The molecule has 5 nitrogen and oxygen atoms in total. The van der Waals surface area contributed by atoms with Crippen molar-refractivity contribution in [3.8, 4) is 0 Å². The lowest BCUT2D eigenvalue weighted by Crippen LogP contribution is -2.64. The summed E-state index contributed by atoms with van der Waals surface area (Å²) in [5, 5.41) is 3.41. The molecule has 2 atom stereocenters. The number of benzene rings is 1. The van der Waals surface area contributed by atoms with Gasteiger partial charge in [0, 0.05) is 19.0 Å². The third-order valence-electron chi connectivity index (χ3n) is 4.80. The van der Waals surface area contributed by atoms with Crippen LogP contribution < -0.4 is 11.1 Å². The van der Waals surface area contributed by atoms with Gasteiger partial charge in [0.05, 0.1) is 0 Å². The number of amidine groups is 1. The molecule has 2 amide bonds. The van der Waals surface area contributed by atoms with Crippen LogP contribution in [0.2, 0.25) is 0 Å². The van der Waals surface area contributed by atoms with Crippen molar-refractivity contribution in [2.24, 2.45) is 16.6 Å². The molecule has 2 unspecified atom stereocenters. The Morgan fingerprint density at radius 1 is 1.43 bits per heavy atom. The maximum atomic E-state index is 12.4. The molecule has 1 aromatic carbocycles. The SMILES string of the molecule is CCC1CNCCC12C(N)=NC(=O)N2Cc1ccccc1. The standard InChI is InChI=1S/C16H22N4O/c1-2-13-10-18-9-8-16(13)14(17)19-15(21)20(16)11-12-6-4-3-5-7-12/h3-7,13,18H,2,8-11H2,1H3,(H2,17,19,21). The second kappa shape index (κ2) is 5.48. The molecule has 0 aromatic heterocycles. The zero-order chi connectivity index (χ0) is 14.9. The van der Waals surface area contributed by atoms with Gasteiger partial charge in [0.2, 0.25) is 0 Å². The lowest BCUT2D eigenvalue weighted by Gasteiger charge is -2.46. The van der Waals surface area contributed by atoms with Crippen molar-refractivity contribution < 1.29 is 4.79 Å². The summed E-state index contributed by atoms with van der Waals surface area (Å²) in [5.74, 6) is 0.807. The molecule has 21 heavy (non-hydrogen) atoms. The first kappa shape index (κ1) is 14.1. The summed E-state index contributed by atoms with van der Waals surface area (Å²) in [6.45, 7) is 4.47. The maximum Gasteiger partial charge on any atom is 0.346 e. The topological polar surface area (TPSA) is 70.7 Å². The van der Waals surface area contributed by atoms with Gasteiger partial charge in [-0.2, -0.15) is 4.99 Å². The molecular weight excluding hydrogens is 264 g/mol. The summed E-state index contributed by atoms with van der Waals surface area (Å²) < 4.78 is 0. The quantitative estimate of drug-likeness (QED) is 0.889. The fourth-order valence-corrected chi connectivity index (χ4v) is 3.65. The third kappa shape index (κ3) is 2.21. The average molecular weight is 286 g/mol. The van der Waals surface area contributed by atoms with Crippen molar-refractivity contribution in [1.82, 2.24) is 10.2 Å². The predicted molar refractivity (Wildman–Crippen MR) is 83.0 cm³/mol. The lowest BCUT2D eigenvalue weighted by molar-refractivity contribution is 0.0948. The zero-order valence-electron chi connectivity index (χ0n) is 12.4. The summed E-state index contributed by atoms with van der Waals surface area (Å²) in [7, 11) is 0. The molecule has 0 saturated carbocycles. The number of nitrogens with two attached hydrogens (primary N) is 1. The zero-order valence-corrected chi connectivity index (χ0v) is 12.4. The van der Waals surface area contributed by atoms with E-state index in [1.807, 2.05) is 35.2 Å². The number of aliphatic imine (C=N–C) groups is 1. The van der Waals surface area contributed by atoms with Crippen LogP contribution in [0.15, 0.2) is 35.3 Å². The van der Waals surface area contributed by atoms with Gasteiger partial charge in [-0.15, -0.1) is 0 Å². The molecule has 1 fully saturated rings. The van der Waals surface area contributed by atoms with Gasteiger partial charge in [-0.1, -0.05) is 37.3 Å². The highest BCUT2D eigenvalue weighted by atomic mass is 16.2. The Morgan fingerprint density at radius 2 is 2.19 bits per heavy atom. The van der Waals surface area contributed by atoms with E-state index in [1.54, 1.807) is 0 Å². The van der Waals surface area contributed by atoms with Gasteiger partial charge >= 0.3 is 6.03 Å². The number of piperidine rings is 1. The summed E-state index contributed by atoms with van der Waals surface area (Å²) in [6, 6.07) is 9.85. The van der Waals surface area contributed by atoms with Crippen molar-refractivity contribution in [2.75, 3.05) is 13.1 Å². The Labute approximate surface area is 125 Å². The van der Waals surface area contributed by atoms with E-state index in [2.05, 4.69) is 17.2 Å². The highest BCUT2D eigenvalue weighted by Crippen LogP contribution is 2.38. The fourth-order valence-electron chi connectivity index (χ4n) is 3.65. The van der Waals surface area contributed by atoms with E-state index in [-0.39, 0.29) is 6.03 Å². The van der Waals surface area contributed by atoms with Crippen LogP contribution in [-0.2, 0) is 6.54 Å². The van der Waals surface area contributed by atoms with E-state index in [1.165, 1.54) is 0 Å². The lowest BCUT2D eigenvalue weighted by atomic mass is 9.75. The smallest absolute Gasteiger partial charge is 0.346 e. The average Bonchev–Trinajstić information content (AvgIpc) is 2.74. The van der Waals surface area contributed by atoms with Crippen molar-refractivity contribution in [1.29, 1.82) is 0 Å². The molecule has 0 aliphatic carbocycles. The number of nitrogens with one attached hydrogen (secondary N) is 1. The highest BCUT2D eigenvalue weighted by molar-refractivity contribution is 6.06. The highest BCUT2D eigenvalue weighted by Gasteiger charge is 2.53. The van der Waals surface area contributed by atoms with Gasteiger partial charge < -0.3 is 16.0 Å². The Bertz CT molecular complexity index is 557. The number of amides is 2. The van der Waals surface area contributed by atoms with Crippen LogP contribution in [0.4, 0.5) is 4.79 Å². The van der Waals surface area contributed by atoms with Gasteiger partial charge in [0.15, 0.2) is 0 Å². The van der Waals surface area contributed by atoms with E-state index in [9.17, 15) is 4.79 Å². The normalized spacial score (nSPS) is 29.0. The number of carbonyl (C=O) groups excluding carboxylic acids is 1. The first-order valence-electron chi connectivity index (χ1n) is 7.59. The Morgan fingerprint density at radius 3 is 2.90 bits per heavy atom. The Hall–Kier alpha value is -1.88. The Balaban J connectivity index is 1.95. The first-order valence-corrected chi connectivity index (χ1v) is 7.59. The molecule has 1 spiro atoms. The van der Waals surface area contributed by atoms with E-state index in [0.29, 0.717) is 18.3 Å². The number of rotatable bonds is 3. The second-order valence-corrected chi connectivity index (χ2v) is 5.83. The van der Waals surface area contributed by atoms with Gasteiger partial charge in [0.25, 0.3) is 0 Å². The minimum absolute atomic E-state index is 0.197.